The summed E-state index contributed by atoms with van der Waals surface area (Å²) in [5, 5.41) is 5.66. The zero-order chi connectivity index (χ0) is 14.3. The third-order valence-corrected chi connectivity index (χ3v) is 4.77. The number of nitrogens with one attached hydrogen (secondary N) is 1. The van der Waals surface area contributed by atoms with Crippen LogP contribution in [0.2, 0.25) is 0 Å². The average Bonchev–Trinajstić information content (AvgIpc) is 2.85. The first-order valence-electron chi connectivity index (χ1n) is 6.58. The van der Waals surface area contributed by atoms with Crippen LogP contribution in [0, 0.1) is 0 Å². The van der Waals surface area contributed by atoms with E-state index in [1.165, 1.54) is 0 Å². The topological polar surface area (TPSA) is 49.4 Å². The molecule has 1 aromatic heterocycles. The summed E-state index contributed by atoms with van der Waals surface area (Å²) in [5.74, 6) is -0.168. The SMILES string of the molecule is CC1(C)C(=O)NCCN1C(=O)c1csc2ccccc12. The Morgan fingerprint density at radius 3 is 2.90 bits per heavy atom. The number of benzene rings is 1. The van der Waals surface area contributed by atoms with Gasteiger partial charge in [-0.2, -0.15) is 0 Å². The third-order valence-electron chi connectivity index (χ3n) is 3.81. The molecular weight excluding hydrogens is 272 g/mol. The van der Waals surface area contributed by atoms with E-state index in [1.54, 1.807) is 30.1 Å². The van der Waals surface area contributed by atoms with E-state index < -0.39 is 5.54 Å². The molecule has 0 radical (unpaired) electrons. The molecule has 0 unspecified atom stereocenters. The maximum absolute atomic E-state index is 12.8. The van der Waals surface area contributed by atoms with Crippen LogP contribution >= 0.6 is 11.3 Å². The number of thiophene rings is 1. The summed E-state index contributed by atoms with van der Waals surface area (Å²) in [6, 6.07) is 7.85. The molecule has 0 atom stereocenters. The molecule has 2 aromatic rings. The Kier molecular flexibility index (Phi) is 3.01. The van der Waals surface area contributed by atoms with Gasteiger partial charge in [-0.3, -0.25) is 9.59 Å². The van der Waals surface area contributed by atoms with Crippen LogP contribution in [-0.2, 0) is 4.79 Å². The van der Waals surface area contributed by atoms with Gasteiger partial charge in [-0.1, -0.05) is 18.2 Å². The summed E-state index contributed by atoms with van der Waals surface area (Å²) in [5.41, 5.74) is -0.119. The number of nitrogens with zero attached hydrogens (tertiary/aromatic N) is 1. The van der Waals surface area contributed by atoms with Crippen molar-refractivity contribution in [3.63, 3.8) is 0 Å². The number of amides is 2. The molecule has 104 valence electrons. The van der Waals surface area contributed by atoms with Crippen LogP contribution < -0.4 is 5.32 Å². The van der Waals surface area contributed by atoms with Gasteiger partial charge in [0.2, 0.25) is 5.91 Å². The summed E-state index contributed by atoms with van der Waals surface area (Å²) < 4.78 is 1.09. The van der Waals surface area contributed by atoms with E-state index in [1.807, 2.05) is 29.6 Å². The minimum Gasteiger partial charge on any atom is -0.352 e. The molecule has 1 fully saturated rings. The largest absolute Gasteiger partial charge is 0.352 e. The monoisotopic (exact) mass is 288 g/mol. The predicted octanol–water partition coefficient (Wildman–Crippen LogP) is 2.25. The van der Waals surface area contributed by atoms with Gasteiger partial charge in [0.1, 0.15) is 5.54 Å². The first-order valence-corrected chi connectivity index (χ1v) is 7.46. The van der Waals surface area contributed by atoms with Gasteiger partial charge >= 0.3 is 0 Å². The van der Waals surface area contributed by atoms with Gasteiger partial charge in [0, 0.05) is 28.6 Å². The van der Waals surface area contributed by atoms with E-state index in [0.717, 1.165) is 10.1 Å². The number of carbonyl (C=O) groups excluding carboxylic acids is 2. The fraction of sp³-hybridized carbons (Fsp3) is 0.333. The number of rotatable bonds is 1. The molecular formula is C15H16N2O2S. The van der Waals surface area contributed by atoms with Gasteiger partial charge < -0.3 is 10.2 Å². The fourth-order valence-electron chi connectivity index (χ4n) is 2.54. The molecule has 1 aliphatic heterocycles. The summed E-state index contributed by atoms with van der Waals surface area (Å²) >= 11 is 1.56. The lowest BCUT2D eigenvalue weighted by molar-refractivity contribution is -0.133. The molecule has 4 nitrogen and oxygen atoms in total. The lowest BCUT2D eigenvalue weighted by atomic mass is 9.97. The van der Waals surface area contributed by atoms with E-state index in [0.29, 0.717) is 18.7 Å². The molecule has 3 rings (SSSR count). The molecule has 1 N–H and O–H groups in total. The highest BCUT2D eigenvalue weighted by Crippen LogP contribution is 2.29. The Balaban J connectivity index is 2.02. The fourth-order valence-corrected chi connectivity index (χ4v) is 3.48. The lowest BCUT2D eigenvalue weighted by Crippen LogP contribution is -2.63. The Morgan fingerprint density at radius 1 is 1.35 bits per heavy atom. The number of hydrogen-bond donors (Lipinski definition) is 1. The number of hydrogen-bond acceptors (Lipinski definition) is 3. The number of fused-ring (bicyclic) bond motifs is 1. The summed E-state index contributed by atoms with van der Waals surface area (Å²) in [6.45, 7) is 4.62. The molecule has 1 saturated heterocycles. The van der Waals surface area contributed by atoms with E-state index in [4.69, 9.17) is 0 Å². The van der Waals surface area contributed by atoms with Crippen molar-refractivity contribution >= 4 is 33.2 Å². The molecule has 0 bridgehead atoms. The highest BCUT2D eigenvalue weighted by molar-refractivity contribution is 7.17. The molecule has 0 saturated carbocycles. The normalized spacial score (nSPS) is 18.1. The van der Waals surface area contributed by atoms with Gasteiger partial charge in [0.05, 0.1) is 5.56 Å². The highest BCUT2D eigenvalue weighted by atomic mass is 32.1. The summed E-state index contributed by atoms with van der Waals surface area (Å²) in [7, 11) is 0. The predicted molar refractivity (Wildman–Crippen MR) is 80.0 cm³/mol. The van der Waals surface area contributed by atoms with Crippen LogP contribution in [0.4, 0.5) is 0 Å². The molecule has 1 aromatic carbocycles. The third kappa shape index (κ3) is 1.89. The Morgan fingerprint density at radius 2 is 2.10 bits per heavy atom. The van der Waals surface area contributed by atoms with Crippen LogP contribution in [0.1, 0.15) is 24.2 Å². The highest BCUT2D eigenvalue weighted by Gasteiger charge is 2.41. The number of piperazine rings is 1. The quantitative estimate of drug-likeness (QED) is 0.875. The molecule has 2 heterocycles. The van der Waals surface area contributed by atoms with Crippen molar-refractivity contribution in [2.24, 2.45) is 0 Å². The summed E-state index contributed by atoms with van der Waals surface area (Å²) in [6.07, 6.45) is 0. The van der Waals surface area contributed by atoms with Crippen molar-refractivity contribution in [1.29, 1.82) is 0 Å². The molecule has 5 heteroatoms. The molecule has 1 aliphatic rings. The average molecular weight is 288 g/mol. The maximum Gasteiger partial charge on any atom is 0.256 e. The minimum absolute atomic E-state index is 0.0673. The van der Waals surface area contributed by atoms with Crippen molar-refractivity contribution in [3.8, 4) is 0 Å². The number of carbonyl (C=O) groups is 2. The van der Waals surface area contributed by atoms with Crippen LogP contribution in [0.15, 0.2) is 29.6 Å². The zero-order valence-electron chi connectivity index (χ0n) is 11.5. The first kappa shape index (κ1) is 13.1. The van der Waals surface area contributed by atoms with Gasteiger partial charge in [0.25, 0.3) is 5.91 Å². The van der Waals surface area contributed by atoms with Crippen molar-refractivity contribution < 1.29 is 9.59 Å². The second kappa shape index (κ2) is 4.59. The van der Waals surface area contributed by atoms with Crippen molar-refractivity contribution in [2.75, 3.05) is 13.1 Å². The van der Waals surface area contributed by atoms with Gasteiger partial charge in [-0.25, -0.2) is 0 Å². The molecule has 0 aliphatic carbocycles. The van der Waals surface area contributed by atoms with E-state index in [-0.39, 0.29) is 11.8 Å². The Bertz CT molecular complexity index is 690. The van der Waals surface area contributed by atoms with E-state index >= 15 is 0 Å². The smallest absolute Gasteiger partial charge is 0.256 e. The molecule has 2 amide bonds. The minimum atomic E-state index is -0.807. The van der Waals surface area contributed by atoms with E-state index in [9.17, 15) is 9.59 Å². The van der Waals surface area contributed by atoms with Gasteiger partial charge in [0.15, 0.2) is 0 Å². The van der Waals surface area contributed by atoms with Crippen molar-refractivity contribution in [2.45, 2.75) is 19.4 Å². The molecule has 20 heavy (non-hydrogen) atoms. The van der Waals surface area contributed by atoms with Crippen LogP contribution in [0.5, 0.6) is 0 Å². The summed E-state index contributed by atoms with van der Waals surface area (Å²) in [4.78, 5) is 26.4. The van der Waals surface area contributed by atoms with Crippen LogP contribution in [-0.4, -0.2) is 35.3 Å². The standard InChI is InChI=1S/C15H16N2O2S/c1-15(2)14(19)16-7-8-17(15)13(18)11-9-20-12-6-4-3-5-10(11)12/h3-6,9H,7-8H2,1-2H3,(H,16,19). The van der Waals surface area contributed by atoms with Gasteiger partial charge in [-0.05, 0) is 19.9 Å². The maximum atomic E-state index is 12.8. The second-order valence-corrected chi connectivity index (χ2v) is 6.33. The van der Waals surface area contributed by atoms with E-state index in [2.05, 4.69) is 5.32 Å². The van der Waals surface area contributed by atoms with Crippen molar-refractivity contribution in [1.82, 2.24) is 10.2 Å². The van der Waals surface area contributed by atoms with Crippen molar-refractivity contribution in [3.05, 3.63) is 35.2 Å². The second-order valence-electron chi connectivity index (χ2n) is 5.42. The van der Waals surface area contributed by atoms with Crippen LogP contribution in [0.25, 0.3) is 10.1 Å². The molecule has 0 spiro atoms. The zero-order valence-corrected chi connectivity index (χ0v) is 12.3. The lowest BCUT2D eigenvalue weighted by Gasteiger charge is -2.41. The van der Waals surface area contributed by atoms with Gasteiger partial charge in [-0.15, -0.1) is 11.3 Å². The Hall–Kier alpha value is -1.88. The van der Waals surface area contributed by atoms with Crippen LogP contribution in [0.3, 0.4) is 0 Å². The first-order chi connectivity index (χ1) is 9.51. The Labute approximate surface area is 121 Å².